The highest BCUT2D eigenvalue weighted by molar-refractivity contribution is 5.17. The summed E-state index contributed by atoms with van der Waals surface area (Å²) in [5, 5.41) is 9.73. The molecule has 0 aromatic heterocycles. The van der Waals surface area contributed by atoms with Crippen molar-refractivity contribution in [1.29, 1.82) is 0 Å². The molecular formula is C12H15FO2. The van der Waals surface area contributed by atoms with E-state index in [0.29, 0.717) is 26.1 Å². The average molecular weight is 210 g/mol. The summed E-state index contributed by atoms with van der Waals surface area (Å²) in [6, 6.07) is 6.52. The van der Waals surface area contributed by atoms with Crippen LogP contribution in [0.1, 0.15) is 12.0 Å². The van der Waals surface area contributed by atoms with Crippen LogP contribution in [0.15, 0.2) is 24.3 Å². The molecule has 1 fully saturated rings. The Kier molecular flexibility index (Phi) is 3.34. The van der Waals surface area contributed by atoms with E-state index in [1.165, 1.54) is 12.1 Å². The quantitative estimate of drug-likeness (QED) is 0.806. The van der Waals surface area contributed by atoms with Gasteiger partial charge in [0.15, 0.2) is 0 Å². The SMILES string of the molecule is O[C@H]1CCOC[C@H]1Cc1cccc(F)c1. The van der Waals surface area contributed by atoms with Crippen LogP contribution in [0.4, 0.5) is 4.39 Å². The Bertz CT molecular complexity index is 327. The highest BCUT2D eigenvalue weighted by Gasteiger charge is 2.23. The number of benzene rings is 1. The Balaban J connectivity index is 2.01. The van der Waals surface area contributed by atoms with E-state index in [2.05, 4.69) is 0 Å². The molecule has 1 aliphatic heterocycles. The number of rotatable bonds is 2. The molecule has 15 heavy (non-hydrogen) atoms. The Morgan fingerprint density at radius 2 is 2.33 bits per heavy atom. The van der Waals surface area contributed by atoms with E-state index in [1.807, 2.05) is 6.07 Å². The third-order valence-electron chi connectivity index (χ3n) is 2.82. The van der Waals surface area contributed by atoms with Gasteiger partial charge in [0, 0.05) is 12.5 Å². The minimum atomic E-state index is -0.318. The van der Waals surface area contributed by atoms with Crippen molar-refractivity contribution in [2.45, 2.75) is 18.9 Å². The number of ether oxygens (including phenoxy) is 1. The predicted octanol–water partition coefficient (Wildman–Crippen LogP) is 1.77. The molecule has 2 rings (SSSR count). The third kappa shape index (κ3) is 2.76. The number of aliphatic hydroxyl groups excluding tert-OH is 1. The molecule has 0 amide bonds. The van der Waals surface area contributed by atoms with E-state index < -0.39 is 0 Å². The zero-order valence-corrected chi connectivity index (χ0v) is 8.53. The topological polar surface area (TPSA) is 29.5 Å². The van der Waals surface area contributed by atoms with E-state index in [-0.39, 0.29) is 17.8 Å². The minimum absolute atomic E-state index is 0.0977. The lowest BCUT2D eigenvalue weighted by Gasteiger charge is -2.27. The van der Waals surface area contributed by atoms with E-state index >= 15 is 0 Å². The fourth-order valence-corrected chi connectivity index (χ4v) is 1.95. The van der Waals surface area contributed by atoms with Crippen LogP contribution >= 0.6 is 0 Å². The van der Waals surface area contributed by atoms with Crippen LogP contribution in [-0.2, 0) is 11.2 Å². The molecular weight excluding hydrogens is 195 g/mol. The molecule has 0 bridgehead atoms. The van der Waals surface area contributed by atoms with Gasteiger partial charge in [0.2, 0.25) is 0 Å². The Labute approximate surface area is 88.7 Å². The van der Waals surface area contributed by atoms with Gasteiger partial charge >= 0.3 is 0 Å². The first-order valence-corrected chi connectivity index (χ1v) is 5.26. The molecule has 0 saturated carbocycles. The molecule has 1 N–H and O–H groups in total. The lowest BCUT2D eigenvalue weighted by atomic mass is 9.91. The lowest BCUT2D eigenvalue weighted by molar-refractivity contribution is -0.0350. The number of aliphatic hydroxyl groups is 1. The molecule has 0 unspecified atom stereocenters. The van der Waals surface area contributed by atoms with Gasteiger partial charge in [0.1, 0.15) is 5.82 Å². The summed E-state index contributed by atoms with van der Waals surface area (Å²) in [5.74, 6) is -0.126. The van der Waals surface area contributed by atoms with Crippen molar-refractivity contribution in [2.75, 3.05) is 13.2 Å². The first-order valence-electron chi connectivity index (χ1n) is 5.26. The van der Waals surface area contributed by atoms with Crippen LogP contribution in [0, 0.1) is 11.7 Å². The monoisotopic (exact) mass is 210 g/mol. The van der Waals surface area contributed by atoms with Gasteiger partial charge in [-0.2, -0.15) is 0 Å². The Morgan fingerprint density at radius 1 is 1.47 bits per heavy atom. The number of halogens is 1. The summed E-state index contributed by atoms with van der Waals surface area (Å²) in [5.41, 5.74) is 0.921. The molecule has 0 radical (unpaired) electrons. The van der Waals surface area contributed by atoms with Crippen LogP contribution in [0.2, 0.25) is 0 Å². The van der Waals surface area contributed by atoms with Crippen molar-refractivity contribution >= 4 is 0 Å². The zero-order valence-electron chi connectivity index (χ0n) is 8.53. The first kappa shape index (κ1) is 10.6. The molecule has 1 aromatic carbocycles. The van der Waals surface area contributed by atoms with Crippen LogP contribution in [0.3, 0.4) is 0 Å². The minimum Gasteiger partial charge on any atom is -0.393 e. The van der Waals surface area contributed by atoms with Gasteiger partial charge in [-0.1, -0.05) is 12.1 Å². The molecule has 1 saturated heterocycles. The van der Waals surface area contributed by atoms with Crippen molar-refractivity contribution in [3.8, 4) is 0 Å². The fraction of sp³-hybridized carbons (Fsp3) is 0.500. The van der Waals surface area contributed by atoms with Gasteiger partial charge in [-0.3, -0.25) is 0 Å². The Hall–Kier alpha value is -0.930. The second kappa shape index (κ2) is 4.73. The van der Waals surface area contributed by atoms with E-state index in [9.17, 15) is 9.50 Å². The second-order valence-electron chi connectivity index (χ2n) is 4.03. The number of hydrogen-bond donors (Lipinski definition) is 1. The Morgan fingerprint density at radius 3 is 3.07 bits per heavy atom. The second-order valence-corrected chi connectivity index (χ2v) is 4.03. The highest BCUT2D eigenvalue weighted by Crippen LogP contribution is 2.19. The fourth-order valence-electron chi connectivity index (χ4n) is 1.95. The van der Waals surface area contributed by atoms with Gasteiger partial charge in [0.05, 0.1) is 12.7 Å². The van der Waals surface area contributed by atoms with E-state index in [1.54, 1.807) is 6.07 Å². The molecule has 2 nitrogen and oxygen atoms in total. The molecule has 1 aromatic rings. The molecule has 1 heterocycles. The zero-order chi connectivity index (χ0) is 10.7. The van der Waals surface area contributed by atoms with Crippen molar-refractivity contribution in [3.05, 3.63) is 35.6 Å². The summed E-state index contributed by atoms with van der Waals surface area (Å²) >= 11 is 0. The summed E-state index contributed by atoms with van der Waals surface area (Å²) in [6.45, 7) is 1.19. The normalized spacial score (nSPS) is 26.5. The summed E-state index contributed by atoms with van der Waals surface area (Å²) in [6.07, 6.45) is 1.04. The van der Waals surface area contributed by atoms with Crippen LogP contribution in [-0.4, -0.2) is 24.4 Å². The van der Waals surface area contributed by atoms with Gasteiger partial charge in [-0.05, 0) is 30.5 Å². The molecule has 82 valence electrons. The van der Waals surface area contributed by atoms with Crippen LogP contribution in [0.5, 0.6) is 0 Å². The van der Waals surface area contributed by atoms with Crippen LogP contribution < -0.4 is 0 Å². The van der Waals surface area contributed by atoms with Gasteiger partial charge in [0.25, 0.3) is 0 Å². The molecule has 0 spiro atoms. The van der Waals surface area contributed by atoms with Crippen molar-refractivity contribution in [1.82, 2.24) is 0 Å². The van der Waals surface area contributed by atoms with Gasteiger partial charge in [-0.15, -0.1) is 0 Å². The molecule has 2 atom stereocenters. The van der Waals surface area contributed by atoms with Gasteiger partial charge in [-0.25, -0.2) is 4.39 Å². The highest BCUT2D eigenvalue weighted by atomic mass is 19.1. The molecule has 3 heteroatoms. The first-order chi connectivity index (χ1) is 7.25. The van der Waals surface area contributed by atoms with E-state index in [4.69, 9.17) is 4.74 Å². The summed E-state index contributed by atoms with van der Waals surface area (Å²) in [4.78, 5) is 0. The third-order valence-corrected chi connectivity index (χ3v) is 2.82. The van der Waals surface area contributed by atoms with Crippen molar-refractivity contribution in [3.63, 3.8) is 0 Å². The van der Waals surface area contributed by atoms with E-state index in [0.717, 1.165) is 5.56 Å². The predicted molar refractivity (Wildman–Crippen MR) is 55.0 cm³/mol. The maximum absolute atomic E-state index is 12.9. The standard InChI is InChI=1S/C12H15FO2/c13-11-3-1-2-9(7-11)6-10-8-15-5-4-12(10)14/h1-3,7,10,12,14H,4-6,8H2/t10-,12+/m1/s1. The molecule has 0 aliphatic carbocycles. The summed E-state index contributed by atoms with van der Waals surface area (Å²) < 4.78 is 18.2. The maximum atomic E-state index is 12.9. The lowest BCUT2D eigenvalue weighted by Crippen LogP contribution is -2.33. The van der Waals surface area contributed by atoms with Crippen molar-refractivity contribution in [2.24, 2.45) is 5.92 Å². The van der Waals surface area contributed by atoms with Crippen LogP contribution in [0.25, 0.3) is 0 Å². The maximum Gasteiger partial charge on any atom is 0.123 e. The summed E-state index contributed by atoms with van der Waals surface area (Å²) in [7, 11) is 0. The van der Waals surface area contributed by atoms with Gasteiger partial charge < -0.3 is 9.84 Å². The number of hydrogen-bond acceptors (Lipinski definition) is 2. The molecule has 1 aliphatic rings. The average Bonchev–Trinajstić information content (AvgIpc) is 2.22. The van der Waals surface area contributed by atoms with Crippen molar-refractivity contribution < 1.29 is 14.2 Å². The largest absolute Gasteiger partial charge is 0.393 e. The smallest absolute Gasteiger partial charge is 0.123 e.